The topological polar surface area (TPSA) is 177 Å². The van der Waals surface area contributed by atoms with Gasteiger partial charge in [-0.3, -0.25) is 9.59 Å². The lowest BCUT2D eigenvalue weighted by molar-refractivity contribution is 0.0730. The van der Waals surface area contributed by atoms with Gasteiger partial charge in [0.1, 0.15) is 0 Å². The van der Waals surface area contributed by atoms with Crippen LogP contribution >= 0.6 is 23.2 Å². The van der Waals surface area contributed by atoms with Crippen LogP contribution < -0.4 is 9.62 Å². The second-order valence-electron chi connectivity index (χ2n) is 11.7. The maximum atomic E-state index is 14.4. The number of carbonyl (C=O) groups excluding carboxylic acids is 2. The molecule has 280 valence electrons. The fourth-order valence-corrected chi connectivity index (χ4v) is 10.3. The van der Waals surface area contributed by atoms with Crippen LogP contribution in [0.5, 0.6) is 0 Å². The first kappa shape index (κ1) is 38.8. The van der Waals surface area contributed by atoms with E-state index in [1.54, 1.807) is 0 Å². The summed E-state index contributed by atoms with van der Waals surface area (Å²) >= 11 is 12.6. The summed E-state index contributed by atoms with van der Waals surface area (Å²) in [4.78, 5) is 26.8. The number of benzene rings is 4. The van der Waals surface area contributed by atoms with Gasteiger partial charge < -0.3 is 14.8 Å². The molecule has 6 rings (SSSR count). The SMILES string of the molecule is O=C(Nc1cc(S(=O)(=O)N(C(=O)c2cccc(S(=O)(=O)N3CCOCC3)c2)c2cccc(Cl)c2)ccc1Cl)c1cccc(S(=O)(=O)N2CCOCC2)c1. The van der Waals surface area contributed by atoms with E-state index >= 15 is 0 Å². The van der Waals surface area contributed by atoms with Crippen molar-refractivity contribution < 1.29 is 44.3 Å². The van der Waals surface area contributed by atoms with Crippen molar-refractivity contribution in [2.45, 2.75) is 14.7 Å². The Morgan fingerprint density at radius 3 is 1.72 bits per heavy atom. The summed E-state index contributed by atoms with van der Waals surface area (Å²) in [5.74, 6) is -1.88. The summed E-state index contributed by atoms with van der Waals surface area (Å²) in [5.41, 5.74) is -0.609. The monoisotopic (exact) mass is 822 g/mol. The van der Waals surface area contributed by atoms with Crippen molar-refractivity contribution in [1.82, 2.24) is 8.61 Å². The zero-order chi connectivity index (χ0) is 38.0. The van der Waals surface area contributed by atoms with Gasteiger partial charge >= 0.3 is 0 Å². The normalized spacial score (nSPS) is 16.2. The Morgan fingerprint density at radius 2 is 1.15 bits per heavy atom. The number of amides is 2. The quantitative estimate of drug-likeness (QED) is 0.242. The molecule has 0 aromatic heterocycles. The largest absolute Gasteiger partial charge is 0.379 e. The van der Waals surface area contributed by atoms with E-state index in [1.165, 1.54) is 81.4 Å². The lowest BCUT2D eigenvalue weighted by Gasteiger charge is -2.26. The fourth-order valence-electron chi connectivity index (χ4n) is 5.60. The van der Waals surface area contributed by atoms with E-state index in [4.69, 9.17) is 32.7 Å². The van der Waals surface area contributed by atoms with Crippen LogP contribution in [-0.4, -0.2) is 98.3 Å². The smallest absolute Gasteiger partial charge is 0.272 e. The number of sulfonamides is 3. The van der Waals surface area contributed by atoms with E-state index in [2.05, 4.69) is 5.32 Å². The van der Waals surface area contributed by atoms with Crippen LogP contribution in [0, 0.1) is 0 Å². The van der Waals surface area contributed by atoms with Gasteiger partial charge in [-0.25, -0.2) is 25.3 Å². The van der Waals surface area contributed by atoms with Crippen LogP contribution in [0.1, 0.15) is 20.7 Å². The van der Waals surface area contributed by atoms with Gasteiger partial charge in [0.2, 0.25) is 20.0 Å². The molecule has 2 aliphatic heterocycles. The number of carbonyl (C=O) groups is 2. The Balaban J connectivity index is 1.33. The molecule has 2 aliphatic rings. The molecule has 2 fully saturated rings. The van der Waals surface area contributed by atoms with Crippen LogP contribution in [0.2, 0.25) is 10.0 Å². The molecule has 53 heavy (non-hydrogen) atoms. The fraction of sp³-hybridized carbons (Fsp3) is 0.235. The Morgan fingerprint density at radius 1 is 0.623 bits per heavy atom. The van der Waals surface area contributed by atoms with Gasteiger partial charge in [-0.2, -0.15) is 12.9 Å². The molecule has 0 unspecified atom stereocenters. The highest BCUT2D eigenvalue weighted by Gasteiger charge is 2.34. The van der Waals surface area contributed by atoms with Gasteiger partial charge in [0.05, 0.1) is 57.5 Å². The number of ether oxygens (including phenoxy) is 2. The highest BCUT2D eigenvalue weighted by molar-refractivity contribution is 7.93. The average Bonchev–Trinajstić information content (AvgIpc) is 3.16. The Bertz CT molecular complexity index is 2380. The minimum atomic E-state index is -4.82. The molecular weight excluding hydrogens is 791 g/mol. The van der Waals surface area contributed by atoms with Crippen LogP contribution in [0.25, 0.3) is 0 Å². The Hall–Kier alpha value is -3.91. The van der Waals surface area contributed by atoms with Crippen molar-refractivity contribution in [2.24, 2.45) is 0 Å². The molecule has 4 aromatic carbocycles. The molecular formula is C34H32Cl2N4O10S3. The van der Waals surface area contributed by atoms with Crippen molar-refractivity contribution in [3.63, 3.8) is 0 Å². The molecule has 2 heterocycles. The van der Waals surface area contributed by atoms with E-state index in [0.29, 0.717) is 4.31 Å². The molecule has 0 atom stereocenters. The second-order valence-corrected chi connectivity index (χ2v) is 18.2. The van der Waals surface area contributed by atoms with Crippen LogP contribution in [-0.2, 0) is 39.5 Å². The highest BCUT2D eigenvalue weighted by atomic mass is 35.5. The van der Waals surface area contributed by atoms with Gasteiger partial charge in [0.25, 0.3) is 21.8 Å². The van der Waals surface area contributed by atoms with Crippen molar-refractivity contribution in [3.8, 4) is 0 Å². The van der Waals surface area contributed by atoms with Crippen LogP contribution in [0.4, 0.5) is 11.4 Å². The number of nitrogens with one attached hydrogen (secondary N) is 1. The first-order valence-corrected chi connectivity index (χ1v) is 21.1. The second kappa shape index (κ2) is 15.8. The molecule has 19 heteroatoms. The molecule has 0 radical (unpaired) electrons. The lowest BCUT2D eigenvalue weighted by Crippen LogP contribution is -2.40. The number of hydrogen-bond acceptors (Lipinski definition) is 10. The highest BCUT2D eigenvalue weighted by Crippen LogP contribution is 2.33. The van der Waals surface area contributed by atoms with Gasteiger partial charge in [-0.1, -0.05) is 41.4 Å². The minimum Gasteiger partial charge on any atom is -0.379 e. The molecule has 2 saturated heterocycles. The zero-order valence-corrected chi connectivity index (χ0v) is 31.7. The molecule has 4 aromatic rings. The van der Waals surface area contributed by atoms with Crippen LogP contribution in [0.15, 0.2) is 106 Å². The Labute approximate surface area is 317 Å². The number of anilines is 2. The summed E-state index contributed by atoms with van der Waals surface area (Å²) in [6.07, 6.45) is 0. The standard InChI is InChI=1S/C34H32Cl2N4O10S3/c35-26-6-3-7-27(22-26)40(34(42)25-5-2-9-29(21-25)52(45,46)39-14-18-50-19-15-39)53(47,48)30-10-11-31(36)32(23-30)37-33(41)24-4-1-8-28(20-24)51(43,44)38-12-16-49-17-13-38/h1-11,20-23H,12-19H2,(H,37,41). The number of nitrogens with zero attached hydrogens (tertiary/aromatic N) is 3. The van der Waals surface area contributed by atoms with Gasteiger partial charge in [0.15, 0.2) is 0 Å². The van der Waals surface area contributed by atoms with Crippen molar-refractivity contribution >= 4 is 76.5 Å². The minimum absolute atomic E-state index is 0.0497. The zero-order valence-electron chi connectivity index (χ0n) is 27.7. The van der Waals surface area contributed by atoms with E-state index in [0.717, 1.165) is 18.2 Å². The number of morpholine rings is 2. The maximum absolute atomic E-state index is 14.4. The number of rotatable bonds is 10. The predicted molar refractivity (Wildman–Crippen MR) is 197 cm³/mol. The molecule has 2 amide bonds. The third-order valence-electron chi connectivity index (χ3n) is 8.34. The predicted octanol–water partition coefficient (Wildman–Crippen LogP) is 4.32. The van der Waals surface area contributed by atoms with Gasteiger partial charge in [-0.05, 0) is 72.8 Å². The van der Waals surface area contributed by atoms with Crippen molar-refractivity contribution in [1.29, 1.82) is 0 Å². The van der Waals surface area contributed by atoms with E-state index in [1.807, 2.05) is 0 Å². The summed E-state index contributed by atoms with van der Waals surface area (Å²) in [7, 11) is -12.8. The van der Waals surface area contributed by atoms with Crippen molar-refractivity contribution in [3.05, 3.63) is 112 Å². The lowest BCUT2D eigenvalue weighted by atomic mass is 10.2. The molecule has 14 nitrogen and oxygen atoms in total. The first-order chi connectivity index (χ1) is 25.2. The molecule has 0 aliphatic carbocycles. The molecule has 1 N–H and O–H groups in total. The maximum Gasteiger partial charge on any atom is 0.272 e. The summed E-state index contributed by atoms with van der Waals surface area (Å²) in [6, 6.07) is 19.3. The van der Waals surface area contributed by atoms with Gasteiger partial charge in [0, 0.05) is 42.3 Å². The average molecular weight is 824 g/mol. The summed E-state index contributed by atoms with van der Waals surface area (Å²) in [6.45, 7) is 1.40. The molecule has 0 bridgehead atoms. The number of halogens is 2. The Kier molecular flexibility index (Phi) is 11.6. The summed E-state index contributed by atoms with van der Waals surface area (Å²) < 4.78 is 95.4. The number of hydrogen-bond donors (Lipinski definition) is 1. The third kappa shape index (κ3) is 8.28. The molecule has 0 saturated carbocycles. The van der Waals surface area contributed by atoms with E-state index in [-0.39, 0.29) is 94.9 Å². The van der Waals surface area contributed by atoms with Crippen molar-refractivity contribution in [2.75, 3.05) is 62.2 Å². The van der Waals surface area contributed by atoms with E-state index < -0.39 is 46.8 Å². The molecule has 0 spiro atoms. The summed E-state index contributed by atoms with van der Waals surface area (Å²) in [5, 5.41) is 2.59. The third-order valence-corrected chi connectivity index (χ3v) is 14.4. The first-order valence-electron chi connectivity index (χ1n) is 16.0. The van der Waals surface area contributed by atoms with Crippen LogP contribution in [0.3, 0.4) is 0 Å². The van der Waals surface area contributed by atoms with E-state index in [9.17, 15) is 34.8 Å². The van der Waals surface area contributed by atoms with Gasteiger partial charge in [-0.15, -0.1) is 0 Å².